The number of hydrogen-bond acceptors (Lipinski definition) is 5. The predicted octanol–water partition coefficient (Wildman–Crippen LogP) is 4.18. The molecule has 6 nitrogen and oxygen atoms in total. The summed E-state index contributed by atoms with van der Waals surface area (Å²) >= 11 is 5.87. The molecule has 1 aliphatic rings. The van der Waals surface area contributed by atoms with E-state index in [1.54, 1.807) is 12.3 Å². The van der Waals surface area contributed by atoms with Crippen LogP contribution in [0.15, 0.2) is 60.8 Å². The van der Waals surface area contributed by atoms with Crippen molar-refractivity contribution in [3.05, 3.63) is 77.1 Å². The molecule has 4 rings (SSSR count). The molecule has 3 aromatic rings. The second kappa shape index (κ2) is 8.19. The van der Waals surface area contributed by atoms with Gasteiger partial charge in [0.25, 0.3) is 5.91 Å². The highest BCUT2D eigenvalue weighted by Crippen LogP contribution is 2.35. The fourth-order valence-electron chi connectivity index (χ4n) is 2.81. The van der Waals surface area contributed by atoms with Gasteiger partial charge in [-0.25, -0.2) is 4.98 Å². The van der Waals surface area contributed by atoms with Crippen LogP contribution in [0.25, 0.3) is 0 Å². The van der Waals surface area contributed by atoms with Crippen LogP contribution in [0.3, 0.4) is 0 Å². The number of carbonyl (C=O) groups excluding carboxylic acids is 1. The van der Waals surface area contributed by atoms with Crippen LogP contribution in [-0.4, -0.2) is 24.2 Å². The van der Waals surface area contributed by atoms with E-state index in [-0.39, 0.29) is 12.7 Å². The molecule has 0 radical (unpaired) electrons. The maximum absolute atomic E-state index is 12.2. The maximum Gasteiger partial charge on any atom is 0.269 e. The maximum atomic E-state index is 12.2. The van der Waals surface area contributed by atoms with Gasteiger partial charge in [0, 0.05) is 23.3 Å². The van der Waals surface area contributed by atoms with E-state index in [4.69, 9.17) is 21.1 Å². The van der Waals surface area contributed by atoms with E-state index in [2.05, 4.69) is 15.6 Å². The molecule has 7 heteroatoms. The SMILES string of the molecule is O=C(NCCc1ccc(Cl)cc1)c1ccc(Nc2ccc3c(c2)OCO3)cn1. The zero-order chi connectivity index (χ0) is 19.3. The second-order valence-corrected chi connectivity index (χ2v) is 6.69. The number of benzene rings is 2. The molecule has 0 aliphatic carbocycles. The number of fused-ring (bicyclic) bond motifs is 1. The first-order valence-electron chi connectivity index (χ1n) is 8.83. The van der Waals surface area contributed by atoms with Crippen LogP contribution in [0.4, 0.5) is 11.4 Å². The molecule has 28 heavy (non-hydrogen) atoms. The smallest absolute Gasteiger partial charge is 0.269 e. The highest BCUT2D eigenvalue weighted by Gasteiger charge is 2.13. The number of nitrogens with one attached hydrogen (secondary N) is 2. The van der Waals surface area contributed by atoms with Gasteiger partial charge in [-0.1, -0.05) is 23.7 Å². The van der Waals surface area contributed by atoms with E-state index >= 15 is 0 Å². The van der Waals surface area contributed by atoms with Crippen LogP contribution in [0.2, 0.25) is 5.02 Å². The van der Waals surface area contributed by atoms with Crippen molar-refractivity contribution in [3.8, 4) is 11.5 Å². The Kier molecular flexibility index (Phi) is 5.30. The molecule has 0 atom stereocenters. The summed E-state index contributed by atoms with van der Waals surface area (Å²) in [7, 11) is 0. The predicted molar refractivity (Wildman–Crippen MR) is 108 cm³/mol. The number of pyridine rings is 1. The Bertz CT molecular complexity index is 975. The standard InChI is InChI=1S/C21H18ClN3O3/c22-15-3-1-14(2-4-15)9-10-23-21(26)18-7-5-17(12-24-18)25-16-6-8-19-20(11-16)28-13-27-19/h1-8,11-12,25H,9-10,13H2,(H,23,26). The van der Waals surface area contributed by atoms with Crippen molar-refractivity contribution in [3.63, 3.8) is 0 Å². The van der Waals surface area contributed by atoms with Crippen LogP contribution < -0.4 is 20.1 Å². The molecule has 142 valence electrons. The Labute approximate surface area is 167 Å². The Morgan fingerprint density at radius 3 is 2.57 bits per heavy atom. The molecule has 0 saturated heterocycles. The van der Waals surface area contributed by atoms with Crippen molar-refractivity contribution in [1.29, 1.82) is 0 Å². The topological polar surface area (TPSA) is 72.5 Å². The molecular weight excluding hydrogens is 378 g/mol. The van der Waals surface area contributed by atoms with Crippen LogP contribution in [0.5, 0.6) is 11.5 Å². The first-order chi connectivity index (χ1) is 13.7. The van der Waals surface area contributed by atoms with Crippen LogP contribution in [0.1, 0.15) is 16.1 Å². The number of hydrogen-bond donors (Lipinski definition) is 2. The van der Waals surface area contributed by atoms with Gasteiger partial charge < -0.3 is 20.1 Å². The summed E-state index contributed by atoms with van der Waals surface area (Å²) in [4.78, 5) is 16.5. The van der Waals surface area contributed by atoms with E-state index in [0.29, 0.717) is 23.0 Å². The van der Waals surface area contributed by atoms with Crippen molar-refractivity contribution in [2.45, 2.75) is 6.42 Å². The highest BCUT2D eigenvalue weighted by atomic mass is 35.5. The Morgan fingerprint density at radius 2 is 1.79 bits per heavy atom. The molecule has 0 spiro atoms. The fourth-order valence-corrected chi connectivity index (χ4v) is 2.93. The van der Waals surface area contributed by atoms with Crippen molar-refractivity contribution < 1.29 is 14.3 Å². The quantitative estimate of drug-likeness (QED) is 0.655. The average Bonchev–Trinajstić information content (AvgIpc) is 3.18. The Morgan fingerprint density at radius 1 is 1.00 bits per heavy atom. The summed E-state index contributed by atoms with van der Waals surface area (Å²) < 4.78 is 10.7. The molecule has 0 saturated carbocycles. The molecule has 0 bridgehead atoms. The number of ether oxygens (including phenoxy) is 2. The first kappa shape index (κ1) is 18.1. The zero-order valence-corrected chi connectivity index (χ0v) is 15.7. The lowest BCUT2D eigenvalue weighted by Crippen LogP contribution is -2.26. The number of amides is 1. The van der Waals surface area contributed by atoms with Crippen molar-refractivity contribution in [2.24, 2.45) is 0 Å². The lowest BCUT2D eigenvalue weighted by molar-refractivity contribution is 0.0949. The van der Waals surface area contributed by atoms with Gasteiger partial charge in [0.2, 0.25) is 6.79 Å². The third kappa shape index (κ3) is 4.35. The highest BCUT2D eigenvalue weighted by molar-refractivity contribution is 6.30. The fraction of sp³-hybridized carbons (Fsp3) is 0.143. The van der Waals surface area contributed by atoms with Crippen LogP contribution in [0, 0.1) is 0 Å². The normalized spacial score (nSPS) is 11.9. The van der Waals surface area contributed by atoms with E-state index < -0.39 is 0 Å². The minimum atomic E-state index is -0.205. The molecule has 2 N–H and O–H groups in total. The summed E-state index contributed by atoms with van der Waals surface area (Å²) in [6.07, 6.45) is 2.35. The van der Waals surface area contributed by atoms with Gasteiger partial charge in [0.1, 0.15) is 5.69 Å². The lowest BCUT2D eigenvalue weighted by atomic mass is 10.1. The van der Waals surface area contributed by atoms with E-state index in [1.165, 1.54) is 0 Å². The van der Waals surface area contributed by atoms with Crippen molar-refractivity contribution in [2.75, 3.05) is 18.7 Å². The molecule has 1 aliphatic heterocycles. The minimum absolute atomic E-state index is 0.205. The summed E-state index contributed by atoms with van der Waals surface area (Å²) in [6, 6.07) is 16.7. The largest absolute Gasteiger partial charge is 0.454 e. The summed E-state index contributed by atoms with van der Waals surface area (Å²) in [5, 5.41) is 6.80. The lowest BCUT2D eigenvalue weighted by Gasteiger charge is -2.08. The first-order valence-corrected chi connectivity index (χ1v) is 9.20. The molecule has 2 heterocycles. The van der Waals surface area contributed by atoms with Gasteiger partial charge in [0.05, 0.1) is 11.9 Å². The van der Waals surface area contributed by atoms with Crippen LogP contribution >= 0.6 is 11.6 Å². The van der Waals surface area contributed by atoms with E-state index in [1.807, 2.05) is 48.5 Å². The summed E-state index contributed by atoms with van der Waals surface area (Å²) in [5.41, 5.74) is 3.11. The van der Waals surface area contributed by atoms with Gasteiger partial charge in [-0.05, 0) is 48.4 Å². The molecule has 1 amide bonds. The third-order valence-electron chi connectivity index (χ3n) is 4.27. The molecular formula is C21H18ClN3O3. The Hall–Kier alpha value is -3.25. The van der Waals surface area contributed by atoms with Crippen molar-refractivity contribution >= 4 is 28.9 Å². The monoisotopic (exact) mass is 395 g/mol. The average molecular weight is 396 g/mol. The Balaban J connectivity index is 1.31. The summed E-state index contributed by atoms with van der Waals surface area (Å²) in [5.74, 6) is 1.23. The van der Waals surface area contributed by atoms with Gasteiger partial charge in [-0.2, -0.15) is 0 Å². The van der Waals surface area contributed by atoms with E-state index in [0.717, 1.165) is 29.1 Å². The molecule has 2 aromatic carbocycles. The van der Waals surface area contributed by atoms with Gasteiger partial charge in [-0.15, -0.1) is 0 Å². The number of aromatic nitrogens is 1. The molecule has 0 fully saturated rings. The zero-order valence-electron chi connectivity index (χ0n) is 14.9. The number of nitrogens with zero attached hydrogens (tertiary/aromatic N) is 1. The van der Waals surface area contributed by atoms with Gasteiger partial charge >= 0.3 is 0 Å². The number of anilines is 2. The second-order valence-electron chi connectivity index (χ2n) is 6.26. The van der Waals surface area contributed by atoms with Crippen molar-refractivity contribution in [1.82, 2.24) is 10.3 Å². The molecule has 0 unspecified atom stereocenters. The van der Waals surface area contributed by atoms with Crippen LogP contribution in [-0.2, 0) is 6.42 Å². The summed E-state index contributed by atoms with van der Waals surface area (Å²) in [6.45, 7) is 0.765. The van der Waals surface area contributed by atoms with E-state index in [9.17, 15) is 4.79 Å². The number of rotatable bonds is 6. The number of carbonyl (C=O) groups is 1. The minimum Gasteiger partial charge on any atom is -0.454 e. The number of halogens is 1. The third-order valence-corrected chi connectivity index (χ3v) is 4.52. The van der Waals surface area contributed by atoms with Gasteiger partial charge in [-0.3, -0.25) is 4.79 Å². The van der Waals surface area contributed by atoms with Gasteiger partial charge in [0.15, 0.2) is 11.5 Å². The molecule has 1 aromatic heterocycles.